The van der Waals surface area contributed by atoms with E-state index in [1.54, 1.807) is 31.4 Å². The number of methoxy groups -OCH3 is 1. The molecule has 2 N–H and O–H groups in total. The van der Waals surface area contributed by atoms with Gasteiger partial charge in [-0.05, 0) is 69.4 Å². The van der Waals surface area contributed by atoms with Gasteiger partial charge in [0.15, 0.2) is 5.82 Å². The second kappa shape index (κ2) is 11.0. The van der Waals surface area contributed by atoms with Crippen molar-refractivity contribution in [2.75, 3.05) is 40.4 Å². The number of likely N-dealkylation sites (tertiary alicyclic amines) is 1. The summed E-state index contributed by atoms with van der Waals surface area (Å²) in [5.41, 5.74) is 2.57. The standard InChI is InChI=1S/C26H36FN5O4/c1-26(2,27)36-19-7-5-17(6-8-19)22(16-35-4)30-25(34)32-15-23(33)28-21-10-9-20(29-24(21)32)18-11-13-31(3)14-12-18/h5-8,18,22H,9-16H2,1-4H3,(H,28,33)(H,30,34). The Balaban J connectivity index is 1.51. The molecule has 1 aromatic carbocycles. The fraction of sp³-hybridized carbons (Fsp3) is 0.577. The molecule has 9 nitrogen and oxygen atoms in total. The molecule has 0 spiro atoms. The number of aliphatic imine (C=N–C) groups is 1. The predicted octanol–water partition coefficient (Wildman–Crippen LogP) is 3.35. The molecule has 3 aliphatic heterocycles. The number of ether oxygens (including phenoxy) is 2. The Hall–Kier alpha value is -2.98. The normalized spacial score (nSPS) is 20.4. The van der Waals surface area contributed by atoms with Crippen molar-refractivity contribution < 1.29 is 23.5 Å². The largest absolute Gasteiger partial charge is 0.459 e. The Morgan fingerprint density at radius 3 is 2.58 bits per heavy atom. The molecule has 3 aliphatic rings. The van der Waals surface area contributed by atoms with Gasteiger partial charge in [-0.15, -0.1) is 0 Å². The number of allylic oxidation sites excluding steroid dienone is 1. The molecule has 4 rings (SSSR count). The molecule has 0 bridgehead atoms. The third-order valence-corrected chi connectivity index (χ3v) is 6.71. The number of urea groups is 1. The molecule has 0 saturated carbocycles. The third kappa shape index (κ3) is 6.41. The first-order valence-electron chi connectivity index (χ1n) is 12.5. The van der Waals surface area contributed by atoms with Crippen molar-refractivity contribution in [3.63, 3.8) is 0 Å². The maximum atomic E-state index is 13.8. The topological polar surface area (TPSA) is 95.5 Å². The Labute approximate surface area is 211 Å². The fourth-order valence-electron chi connectivity index (χ4n) is 4.86. The molecule has 1 fully saturated rings. The summed E-state index contributed by atoms with van der Waals surface area (Å²) in [7, 11) is 3.68. The van der Waals surface area contributed by atoms with E-state index < -0.39 is 17.9 Å². The van der Waals surface area contributed by atoms with Crippen LogP contribution in [0.4, 0.5) is 9.18 Å². The first kappa shape index (κ1) is 26.1. The second-order valence-corrected chi connectivity index (χ2v) is 10.1. The summed E-state index contributed by atoms with van der Waals surface area (Å²) in [6, 6.07) is 5.92. The zero-order chi connectivity index (χ0) is 25.9. The Morgan fingerprint density at radius 1 is 1.25 bits per heavy atom. The quantitative estimate of drug-likeness (QED) is 0.598. The lowest BCUT2D eigenvalue weighted by Gasteiger charge is -2.36. The first-order chi connectivity index (χ1) is 17.1. The first-order valence-corrected chi connectivity index (χ1v) is 12.5. The van der Waals surface area contributed by atoms with Crippen molar-refractivity contribution in [2.24, 2.45) is 10.9 Å². The van der Waals surface area contributed by atoms with Crippen molar-refractivity contribution in [1.82, 2.24) is 20.4 Å². The zero-order valence-electron chi connectivity index (χ0n) is 21.5. The van der Waals surface area contributed by atoms with E-state index in [1.165, 1.54) is 18.7 Å². The lowest BCUT2D eigenvalue weighted by Crippen LogP contribution is -2.51. The van der Waals surface area contributed by atoms with Gasteiger partial charge in [-0.2, -0.15) is 4.39 Å². The highest BCUT2D eigenvalue weighted by molar-refractivity contribution is 5.93. The van der Waals surface area contributed by atoms with Crippen molar-refractivity contribution in [2.45, 2.75) is 51.4 Å². The van der Waals surface area contributed by atoms with Crippen LogP contribution in [-0.2, 0) is 9.53 Å². The van der Waals surface area contributed by atoms with Crippen LogP contribution in [0.25, 0.3) is 0 Å². The molecule has 1 saturated heterocycles. The molecule has 1 unspecified atom stereocenters. The Morgan fingerprint density at radius 2 is 1.94 bits per heavy atom. The van der Waals surface area contributed by atoms with Gasteiger partial charge in [-0.25, -0.2) is 9.79 Å². The maximum Gasteiger partial charge on any atom is 0.324 e. The molecule has 3 heterocycles. The van der Waals surface area contributed by atoms with Crippen molar-refractivity contribution in [3.8, 4) is 5.75 Å². The number of benzene rings is 1. The summed E-state index contributed by atoms with van der Waals surface area (Å²) >= 11 is 0. The lowest BCUT2D eigenvalue weighted by molar-refractivity contribution is -0.121. The van der Waals surface area contributed by atoms with E-state index in [1.807, 2.05) is 0 Å². The van der Waals surface area contributed by atoms with Crippen LogP contribution in [0.2, 0.25) is 0 Å². The number of nitrogens with one attached hydrogen (secondary N) is 2. The van der Waals surface area contributed by atoms with Gasteiger partial charge in [0.05, 0.1) is 18.3 Å². The van der Waals surface area contributed by atoms with Gasteiger partial charge in [0.25, 0.3) is 0 Å². The SMILES string of the molecule is COCC(NC(=O)N1CC(=O)NC2=C1N=C(C1CCN(C)CC1)CC2)c1ccc(OC(C)(C)F)cc1. The molecule has 196 valence electrons. The summed E-state index contributed by atoms with van der Waals surface area (Å²) < 4.78 is 24.4. The number of amides is 3. The molecule has 1 atom stereocenters. The van der Waals surface area contributed by atoms with E-state index in [9.17, 15) is 14.0 Å². The van der Waals surface area contributed by atoms with Crippen LogP contribution < -0.4 is 15.4 Å². The van der Waals surface area contributed by atoms with E-state index in [0.29, 0.717) is 29.6 Å². The van der Waals surface area contributed by atoms with E-state index >= 15 is 0 Å². The summed E-state index contributed by atoms with van der Waals surface area (Å²) in [6.07, 6.45) is 3.54. The minimum atomic E-state index is -1.80. The molecular formula is C26H36FN5O4. The lowest BCUT2D eigenvalue weighted by atomic mass is 9.88. The number of nitrogens with zero attached hydrogens (tertiary/aromatic N) is 3. The molecular weight excluding hydrogens is 465 g/mol. The number of alkyl halides is 1. The van der Waals surface area contributed by atoms with Crippen LogP contribution in [0.3, 0.4) is 0 Å². The smallest absolute Gasteiger partial charge is 0.324 e. The number of rotatable bonds is 7. The Bertz CT molecular complexity index is 1030. The van der Waals surface area contributed by atoms with Crippen LogP contribution in [0.1, 0.15) is 51.1 Å². The van der Waals surface area contributed by atoms with Gasteiger partial charge in [0.2, 0.25) is 11.8 Å². The van der Waals surface area contributed by atoms with E-state index in [0.717, 1.165) is 43.6 Å². The van der Waals surface area contributed by atoms with E-state index in [4.69, 9.17) is 14.5 Å². The Kier molecular flexibility index (Phi) is 7.94. The molecule has 3 amide bonds. The van der Waals surface area contributed by atoms with Crippen molar-refractivity contribution in [3.05, 3.63) is 41.3 Å². The molecule has 0 radical (unpaired) electrons. The number of piperidine rings is 1. The maximum absolute atomic E-state index is 13.8. The number of halogens is 1. The predicted molar refractivity (Wildman–Crippen MR) is 134 cm³/mol. The summed E-state index contributed by atoms with van der Waals surface area (Å²) in [4.78, 5) is 34.5. The highest BCUT2D eigenvalue weighted by atomic mass is 19.2. The van der Waals surface area contributed by atoms with Gasteiger partial charge >= 0.3 is 6.03 Å². The highest BCUT2D eigenvalue weighted by Crippen LogP contribution is 2.30. The van der Waals surface area contributed by atoms with Crippen molar-refractivity contribution in [1.29, 1.82) is 0 Å². The van der Waals surface area contributed by atoms with Gasteiger partial charge in [-0.1, -0.05) is 12.1 Å². The van der Waals surface area contributed by atoms with Crippen LogP contribution >= 0.6 is 0 Å². The second-order valence-electron chi connectivity index (χ2n) is 10.1. The summed E-state index contributed by atoms with van der Waals surface area (Å²) in [5.74, 6) is -0.726. The molecule has 1 aromatic rings. The van der Waals surface area contributed by atoms with Crippen molar-refractivity contribution >= 4 is 17.6 Å². The van der Waals surface area contributed by atoms with Crippen LogP contribution in [0.5, 0.6) is 5.75 Å². The average molecular weight is 502 g/mol. The highest BCUT2D eigenvalue weighted by Gasteiger charge is 2.34. The minimum Gasteiger partial charge on any atom is -0.459 e. The minimum absolute atomic E-state index is 0.104. The molecule has 10 heteroatoms. The zero-order valence-corrected chi connectivity index (χ0v) is 21.5. The van der Waals surface area contributed by atoms with Crippen LogP contribution in [0, 0.1) is 5.92 Å². The monoisotopic (exact) mass is 501 g/mol. The van der Waals surface area contributed by atoms with Crippen LogP contribution in [0.15, 0.2) is 40.8 Å². The number of carbonyl (C=O) groups excluding carboxylic acids is 2. The number of carbonyl (C=O) groups is 2. The number of hydrogen-bond acceptors (Lipinski definition) is 6. The number of hydrogen-bond donors (Lipinski definition) is 2. The average Bonchev–Trinajstić information content (AvgIpc) is 2.83. The third-order valence-electron chi connectivity index (χ3n) is 6.71. The van der Waals surface area contributed by atoms with Crippen LogP contribution in [-0.4, -0.2) is 73.7 Å². The van der Waals surface area contributed by atoms with Gasteiger partial charge < -0.3 is 25.0 Å². The molecule has 0 aliphatic carbocycles. The van der Waals surface area contributed by atoms with Gasteiger partial charge in [0.1, 0.15) is 12.3 Å². The summed E-state index contributed by atoms with van der Waals surface area (Å²) in [5, 5.41) is 5.89. The summed E-state index contributed by atoms with van der Waals surface area (Å²) in [6.45, 7) is 4.84. The molecule has 36 heavy (non-hydrogen) atoms. The van der Waals surface area contributed by atoms with Gasteiger partial charge in [-0.3, -0.25) is 9.69 Å². The molecule has 0 aromatic heterocycles. The van der Waals surface area contributed by atoms with E-state index in [-0.39, 0.29) is 19.1 Å². The van der Waals surface area contributed by atoms with Gasteiger partial charge in [0, 0.05) is 26.7 Å². The fourth-order valence-corrected chi connectivity index (χ4v) is 4.86. The van der Waals surface area contributed by atoms with E-state index in [2.05, 4.69) is 22.6 Å².